The van der Waals surface area contributed by atoms with Crippen LogP contribution in [0.15, 0.2) is 24.3 Å². The number of terminal acetylenes is 2. The first-order valence-electron chi connectivity index (χ1n) is 13.3. The number of rotatable bonds is 5. The van der Waals surface area contributed by atoms with E-state index in [4.69, 9.17) is 17.6 Å². The lowest BCUT2D eigenvalue weighted by molar-refractivity contribution is -0.139. The Kier molecular flexibility index (Phi) is 6.77. The smallest absolute Gasteiger partial charge is 0.392 e. The van der Waals surface area contributed by atoms with Gasteiger partial charge in [0.25, 0.3) is 0 Å². The standard InChI is InChI=1S/C31H23F5N4O2/c1-3-20-22(32)8-7-18-12-19(41)13-21(24(18)20)27-26(33)28-25(23(4-2)37-27)29(40-14-16-5-6-17(11-16)15-40)39-30(38-28)42-10-9-31(34,35)36/h1-2,7-8,12-13,16-17,41H,5-6,9-11,14-15H2. The Morgan fingerprint density at radius 2 is 1.74 bits per heavy atom. The molecule has 6 rings (SSSR count). The lowest BCUT2D eigenvalue weighted by atomic mass is 9.95. The van der Waals surface area contributed by atoms with Crippen molar-refractivity contribution >= 4 is 27.5 Å². The second-order valence-corrected chi connectivity index (χ2v) is 10.6. The lowest BCUT2D eigenvalue weighted by Crippen LogP contribution is -2.37. The highest BCUT2D eigenvalue weighted by atomic mass is 19.4. The number of halogens is 5. The number of pyridine rings is 1. The molecular formula is C31H23F5N4O2. The summed E-state index contributed by atoms with van der Waals surface area (Å²) < 4.78 is 75.1. The molecule has 1 aliphatic heterocycles. The molecule has 1 saturated heterocycles. The van der Waals surface area contributed by atoms with E-state index in [0.29, 0.717) is 30.3 Å². The van der Waals surface area contributed by atoms with Gasteiger partial charge in [-0.3, -0.25) is 0 Å². The van der Waals surface area contributed by atoms with Crippen LogP contribution in [0.1, 0.15) is 36.9 Å². The maximum Gasteiger partial charge on any atom is 0.392 e. The molecule has 6 nitrogen and oxygen atoms in total. The second kappa shape index (κ2) is 10.3. The van der Waals surface area contributed by atoms with Crippen LogP contribution in [0.5, 0.6) is 11.8 Å². The number of phenols is 1. The van der Waals surface area contributed by atoms with E-state index in [1.807, 2.05) is 4.90 Å². The number of hydrogen-bond acceptors (Lipinski definition) is 6. The van der Waals surface area contributed by atoms with Crippen molar-refractivity contribution < 1.29 is 31.8 Å². The van der Waals surface area contributed by atoms with Gasteiger partial charge < -0.3 is 14.7 Å². The first-order valence-corrected chi connectivity index (χ1v) is 13.3. The van der Waals surface area contributed by atoms with Gasteiger partial charge in [0.15, 0.2) is 5.82 Å². The normalized spacial score (nSPS) is 18.3. The summed E-state index contributed by atoms with van der Waals surface area (Å²) in [5.41, 5.74) is -0.944. The van der Waals surface area contributed by atoms with E-state index in [-0.39, 0.29) is 50.4 Å². The minimum absolute atomic E-state index is 0.0358. The second-order valence-electron chi connectivity index (χ2n) is 10.6. The highest BCUT2D eigenvalue weighted by molar-refractivity contribution is 6.04. The largest absolute Gasteiger partial charge is 0.508 e. The van der Waals surface area contributed by atoms with Crippen molar-refractivity contribution in [3.05, 3.63) is 47.2 Å². The zero-order chi connectivity index (χ0) is 29.8. The van der Waals surface area contributed by atoms with E-state index in [2.05, 4.69) is 26.8 Å². The number of aromatic nitrogens is 3. The average Bonchev–Trinajstić information content (AvgIpc) is 3.29. The van der Waals surface area contributed by atoms with Gasteiger partial charge in [-0.15, -0.1) is 12.8 Å². The van der Waals surface area contributed by atoms with Gasteiger partial charge in [0.1, 0.15) is 40.9 Å². The molecule has 1 saturated carbocycles. The number of alkyl halides is 3. The SMILES string of the molecule is C#Cc1c(F)ccc2cc(O)cc(-c3nc(C#C)c4c(N5CC6CCC(C6)C5)nc(OCCC(F)(F)F)nc4c3F)c12. The highest BCUT2D eigenvalue weighted by Crippen LogP contribution is 2.43. The summed E-state index contributed by atoms with van der Waals surface area (Å²) in [5, 5.41) is 11.0. The Hall–Kier alpha value is -4.64. The Morgan fingerprint density at radius 3 is 2.40 bits per heavy atom. The number of hydrogen-bond donors (Lipinski definition) is 1. The van der Waals surface area contributed by atoms with E-state index in [1.165, 1.54) is 18.2 Å². The summed E-state index contributed by atoms with van der Waals surface area (Å²) >= 11 is 0. The Labute approximate surface area is 237 Å². The number of fused-ring (bicyclic) bond motifs is 4. The highest BCUT2D eigenvalue weighted by Gasteiger charge is 2.36. The lowest BCUT2D eigenvalue weighted by Gasteiger charge is -2.33. The fourth-order valence-corrected chi connectivity index (χ4v) is 6.10. The molecule has 2 atom stereocenters. The third-order valence-corrected chi connectivity index (χ3v) is 7.86. The molecule has 0 spiro atoms. The van der Waals surface area contributed by atoms with Crippen molar-refractivity contribution in [1.82, 2.24) is 15.0 Å². The van der Waals surface area contributed by atoms with Crippen LogP contribution in [0.3, 0.4) is 0 Å². The molecule has 2 aromatic heterocycles. The van der Waals surface area contributed by atoms with Crippen LogP contribution < -0.4 is 9.64 Å². The van der Waals surface area contributed by atoms with Crippen LogP contribution >= 0.6 is 0 Å². The molecule has 2 aromatic carbocycles. The van der Waals surface area contributed by atoms with E-state index in [9.17, 15) is 22.7 Å². The molecule has 2 aliphatic rings. The number of aromatic hydroxyl groups is 1. The van der Waals surface area contributed by atoms with E-state index in [0.717, 1.165) is 25.3 Å². The number of benzene rings is 2. The minimum atomic E-state index is -4.48. The van der Waals surface area contributed by atoms with Gasteiger partial charge in [0.05, 0.1) is 17.4 Å². The summed E-state index contributed by atoms with van der Waals surface area (Å²) in [7, 11) is 0. The molecule has 3 heterocycles. The van der Waals surface area contributed by atoms with Crippen molar-refractivity contribution in [2.24, 2.45) is 11.8 Å². The number of phenolic OH excluding ortho intramolecular Hbond substituents is 1. The molecule has 2 unspecified atom stereocenters. The van der Waals surface area contributed by atoms with Gasteiger partial charge in [-0.1, -0.05) is 12.0 Å². The quantitative estimate of drug-likeness (QED) is 0.220. The van der Waals surface area contributed by atoms with Crippen molar-refractivity contribution in [1.29, 1.82) is 0 Å². The summed E-state index contributed by atoms with van der Waals surface area (Å²) in [5.74, 6) is 3.71. The van der Waals surface area contributed by atoms with Crippen LogP contribution in [0.2, 0.25) is 0 Å². The molecular weight excluding hydrogens is 555 g/mol. The van der Waals surface area contributed by atoms with Gasteiger partial charge in [-0.2, -0.15) is 23.1 Å². The Bertz CT molecular complexity index is 1810. The molecule has 2 bridgehead atoms. The number of nitrogens with zero attached hydrogens (tertiary/aromatic N) is 4. The molecule has 2 fully saturated rings. The van der Waals surface area contributed by atoms with Crippen LogP contribution in [0.4, 0.5) is 27.8 Å². The fourth-order valence-electron chi connectivity index (χ4n) is 6.10. The van der Waals surface area contributed by atoms with Crippen LogP contribution in [0.25, 0.3) is 32.9 Å². The third kappa shape index (κ3) is 4.89. The summed E-state index contributed by atoms with van der Waals surface area (Å²) in [4.78, 5) is 14.9. The van der Waals surface area contributed by atoms with E-state index in [1.54, 1.807) is 0 Å². The molecule has 11 heteroatoms. The summed E-state index contributed by atoms with van der Waals surface area (Å²) in [6, 6.07) is 4.60. The minimum Gasteiger partial charge on any atom is -0.508 e. The molecule has 0 amide bonds. The maximum absolute atomic E-state index is 16.6. The predicted octanol–water partition coefficient (Wildman–Crippen LogP) is 6.36. The topological polar surface area (TPSA) is 71.4 Å². The molecule has 4 aromatic rings. The van der Waals surface area contributed by atoms with Crippen LogP contribution in [0, 0.1) is 48.2 Å². The zero-order valence-corrected chi connectivity index (χ0v) is 22.1. The first kappa shape index (κ1) is 27.5. The van der Waals surface area contributed by atoms with Crippen molar-refractivity contribution in [3.63, 3.8) is 0 Å². The summed E-state index contributed by atoms with van der Waals surface area (Å²) in [6.45, 7) is 0.420. The maximum atomic E-state index is 16.6. The van der Waals surface area contributed by atoms with E-state index < -0.39 is 36.8 Å². The van der Waals surface area contributed by atoms with Crippen molar-refractivity contribution in [2.45, 2.75) is 31.9 Å². The van der Waals surface area contributed by atoms with Crippen molar-refractivity contribution in [3.8, 4) is 47.7 Å². The average molecular weight is 579 g/mol. The fraction of sp³-hybridized carbons (Fsp3) is 0.323. The molecule has 1 aliphatic carbocycles. The monoisotopic (exact) mass is 578 g/mol. The number of ether oxygens (including phenoxy) is 1. The van der Waals surface area contributed by atoms with Gasteiger partial charge in [-0.25, -0.2) is 13.8 Å². The number of anilines is 1. The van der Waals surface area contributed by atoms with Crippen LogP contribution in [-0.4, -0.2) is 45.9 Å². The molecule has 42 heavy (non-hydrogen) atoms. The first-order chi connectivity index (χ1) is 20.1. The molecule has 214 valence electrons. The van der Waals surface area contributed by atoms with E-state index >= 15 is 4.39 Å². The third-order valence-electron chi connectivity index (χ3n) is 7.86. The van der Waals surface area contributed by atoms with Gasteiger partial charge in [-0.05, 0) is 60.6 Å². The number of piperidine rings is 1. The molecule has 1 N–H and O–H groups in total. The zero-order valence-electron chi connectivity index (χ0n) is 22.1. The van der Waals surface area contributed by atoms with Gasteiger partial charge >= 0.3 is 12.2 Å². The Balaban J connectivity index is 1.61. The van der Waals surface area contributed by atoms with Crippen molar-refractivity contribution in [2.75, 3.05) is 24.6 Å². The summed E-state index contributed by atoms with van der Waals surface area (Å²) in [6.07, 6.45) is 8.81. The van der Waals surface area contributed by atoms with Crippen LogP contribution in [-0.2, 0) is 0 Å². The van der Waals surface area contributed by atoms with Gasteiger partial charge in [0.2, 0.25) is 0 Å². The van der Waals surface area contributed by atoms with Gasteiger partial charge in [0, 0.05) is 24.0 Å². The Morgan fingerprint density at radius 1 is 1.00 bits per heavy atom. The predicted molar refractivity (Wildman–Crippen MR) is 147 cm³/mol. The molecule has 0 radical (unpaired) electrons.